The third-order valence-corrected chi connectivity index (χ3v) is 7.18. The predicted octanol–water partition coefficient (Wildman–Crippen LogP) is 5.29. The van der Waals surface area contributed by atoms with E-state index in [1.54, 1.807) is 12.1 Å². The van der Waals surface area contributed by atoms with E-state index in [1.807, 2.05) is 6.07 Å². The van der Waals surface area contributed by atoms with Crippen LogP contribution in [0.15, 0.2) is 41.4 Å². The molecule has 4 aromatic rings. The van der Waals surface area contributed by atoms with Crippen LogP contribution in [0.4, 0.5) is 18.9 Å². The van der Waals surface area contributed by atoms with Gasteiger partial charge in [-0.05, 0) is 46.0 Å². The van der Waals surface area contributed by atoms with E-state index in [0.29, 0.717) is 34.7 Å². The Morgan fingerprint density at radius 2 is 1.92 bits per heavy atom. The van der Waals surface area contributed by atoms with E-state index in [9.17, 15) is 18.0 Å². The van der Waals surface area contributed by atoms with Crippen LogP contribution in [-0.2, 0) is 37.7 Å². The van der Waals surface area contributed by atoms with Gasteiger partial charge in [0.2, 0.25) is 0 Å². The second kappa shape index (κ2) is 8.88. The molecule has 4 heterocycles. The van der Waals surface area contributed by atoms with Crippen LogP contribution >= 0.6 is 15.9 Å². The minimum Gasteiger partial charge on any atom is -0.372 e. The average molecular weight is 573 g/mol. The minimum absolute atomic E-state index is 0.0954. The third-order valence-electron chi connectivity index (χ3n) is 6.53. The van der Waals surface area contributed by atoms with Crippen molar-refractivity contribution in [3.05, 3.63) is 75.2 Å². The van der Waals surface area contributed by atoms with Crippen LogP contribution in [-0.4, -0.2) is 30.6 Å². The highest BCUT2D eigenvalue weighted by atomic mass is 79.9. The van der Waals surface area contributed by atoms with Gasteiger partial charge in [-0.25, -0.2) is 15.0 Å². The molecule has 0 saturated heterocycles. The molecule has 0 unspecified atom stereocenters. The van der Waals surface area contributed by atoms with Crippen LogP contribution < -0.4 is 4.90 Å². The fourth-order valence-electron chi connectivity index (χ4n) is 4.53. The van der Waals surface area contributed by atoms with Crippen LogP contribution in [0, 0.1) is 0 Å². The van der Waals surface area contributed by atoms with Crippen molar-refractivity contribution in [2.24, 2.45) is 7.05 Å². The Morgan fingerprint density at radius 1 is 1.19 bits per heavy atom. The normalized spacial score (nSPS) is 15.3. The number of benzene rings is 1. The Kier molecular flexibility index (Phi) is 5.75. The van der Waals surface area contributed by atoms with Crippen molar-refractivity contribution >= 4 is 38.4 Å². The fourth-order valence-corrected chi connectivity index (χ4v) is 5.08. The maximum atomic E-state index is 13.9. The summed E-state index contributed by atoms with van der Waals surface area (Å²) in [7, 11) is 1.38. The van der Waals surface area contributed by atoms with Crippen LogP contribution in [0.5, 0.6) is 0 Å². The van der Waals surface area contributed by atoms with E-state index in [4.69, 9.17) is 4.74 Å². The number of rotatable bonds is 5. The Morgan fingerprint density at radius 3 is 2.62 bits per heavy atom. The number of anilines is 1. The Bertz CT molecular complexity index is 1530. The van der Waals surface area contributed by atoms with Gasteiger partial charge in [0.1, 0.15) is 10.4 Å². The SMILES string of the molecule is Cn1cc(N(Cc2ccc3c4c(c(Br)nc3c2)COC4)C(=O)c2cnc(C3CC3)nc2)c(C(F)(F)F)n1. The molecule has 2 aliphatic rings. The monoisotopic (exact) mass is 572 g/mol. The lowest BCUT2D eigenvalue weighted by atomic mass is 10.0. The van der Waals surface area contributed by atoms with Crippen LogP contribution in [0.25, 0.3) is 10.9 Å². The quantitative estimate of drug-likeness (QED) is 0.302. The molecule has 6 rings (SSSR count). The van der Waals surface area contributed by atoms with E-state index in [2.05, 4.69) is 36.0 Å². The highest BCUT2D eigenvalue weighted by Gasteiger charge is 2.40. The van der Waals surface area contributed by atoms with E-state index in [1.165, 1.54) is 25.6 Å². The van der Waals surface area contributed by atoms with Crippen LogP contribution in [0.1, 0.15) is 57.3 Å². The number of ether oxygens (including phenoxy) is 1. The summed E-state index contributed by atoms with van der Waals surface area (Å²) in [5, 5.41) is 4.50. The largest absolute Gasteiger partial charge is 0.437 e. The molecule has 1 fully saturated rings. The number of hydrogen-bond acceptors (Lipinski definition) is 6. The number of aromatic nitrogens is 5. The van der Waals surface area contributed by atoms with E-state index in [-0.39, 0.29) is 23.7 Å². The first-order valence-corrected chi connectivity index (χ1v) is 12.4. The molecule has 12 heteroatoms. The summed E-state index contributed by atoms with van der Waals surface area (Å²) >= 11 is 3.48. The number of carbonyl (C=O) groups is 1. The van der Waals surface area contributed by atoms with Gasteiger partial charge in [-0.1, -0.05) is 12.1 Å². The average Bonchev–Trinajstić information content (AvgIpc) is 3.45. The molecule has 3 aromatic heterocycles. The Balaban J connectivity index is 1.41. The number of amides is 1. The molecular formula is C25H20BrF3N6O2. The number of halogens is 4. The Labute approximate surface area is 217 Å². The lowest BCUT2D eigenvalue weighted by Crippen LogP contribution is -2.32. The number of aryl methyl sites for hydroxylation is 1. The zero-order valence-electron chi connectivity index (χ0n) is 19.6. The van der Waals surface area contributed by atoms with Crippen molar-refractivity contribution in [2.75, 3.05) is 4.90 Å². The maximum absolute atomic E-state index is 13.9. The molecule has 190 valence electrons. The van der Waals surface area contributed by atoms with Gasteiger partial charge in [0, 0.05) is 42.5 Å². The second-order valence-electron chi connectivity index (χ2n) is 9.23. The van der Waals surface area contributed by atoms with Gasteiger partial charge in [0.05, 0.1) is 36.5 Å². The number of pyridine rings is 1. The van der Waals surface area contributed by atoms with Gasteiger partial charge < -0.3 is 9.64 Å². The molecule has 0 atom stereocenters. The van der Waals surface area contributed by atoms with Gasteiger partial charge in [-0.2, -0.15) is 18.3 Å². The van der Waals surface area contributed by atoms with Crippen molar-refractivity contribution in [3.63, 3.8) is 0 Å². The highest BCUT2D eigenvalue weighted by Crippen LogP contribution is 2.39. The molecule has 0 bridgehead atoms. The van der Waals surface area contributed by atoms with E-state index in [0.717, 1.165) is 38.9 Å². The first kappa shape index (κ1) is 24.0. The molecule has 0 spiro atoms. The topological polar surface area (TPSA) is 86.0 Å². The van der Waals surface area contributed by atoms with Gasteiger partial charge >= 0.3 is 6.18 Å². The summed E-state index contributed by atoms with van der Waals surface area (Å²) in [5.41, 5.74) is 1.87. The summed E-state index contributed by atoms with van der Waals surface area (Å²) in [6, 6.07) is 5.42. The number of hydrogen-bond donors (Lipinski definition) is 0. The summed E-state index contributed by atoms with van der Waals surface area (Å²) in [4.78, 5) is 27.8. The second-order valence-corrected chi connectivity index (χ2v) is 9.99. The zero-order valence-corrected chi connectivity index (χ0v) is 21.2. The Hall–Kier alpha value is -3.38. The van der Waals surface area contributed by atoms with Crippen molar-refractivity contribution < 1.29 is 22.7 Å². The van der Waals surface area contributed by atoms with Crippen LogP contribution in [0.3, 0.4) is 0 Å². The van der Waals surface area contributed by atoms with E-state index >= 15 is 0 Å². The molecule has 0 N–H and O–H groups in total. The molecule has 8 nitrogen and oxygen atoms in total. The van der Waals surface area contributed by atoms with Crippen LogP contribution in [0.2, 0.25) is 0 Å². The molecule has 1 aliphatic heterocycles. The minimum atomic E-state index is -4.75. The first-order chi connectivity index (χ1) is 17.7. The standard InChI is InChI=1S/C25H20BrF3N6O2/c1-34-10-20(21(33-34)25(27,28)29)35(24(36)15-7-30-23(31-8-15)14-3-4-14)9-13-2-5-16-17-11-37-12-18(17)22(26)32-19(16)6-13/h2,5-8,10,14H,3-4,9,11-12H2,1H3. The van der Waals surface area contributed by atoms with Crippen molar-refractivity contribution in [1.82, 2.24) is 24.7 Å². The zero-order chi connectivity index (χ0) is 25.9. The van der Waals surface area contributed by atoms with Gasteiger partial charge in [0.25, 0.3) is 5.91 Å². The lowest BCUT2D eigenvalue weighted by Gasteiger charge is -2.23. The summed E-state index contributed by atoms with van der Waals surface area (Å²) in [5.74, 6) is 0.271. The molecule has 1 amide bonds. The first-order valence-electron chi connectivity index (χ1n) is 11.6. The fraction of sp³-hybridized carbons (Fsp3) is 0.320. The van der Waals surface area contributed by atoms with Gasteiger partial charge in [-0.15, -0.1) is 0 Å². The number of alkyl halides is 3. The molecule has 37 heavy (non-hydrogen) atoms. The number of nitrogens with zero attached hydrogens (tertiary/aromatic N) is 6. The smallest absolute Gasteiger partial charge is 0.372 e. The highest BCUT2D eigenvalue weighted by molar-refractivity contribution is 9.10. The predicted molar refractivity (Wildman–Crippen MR) is 131 cm³/mol. The van der Waals surface area contributed by atoms with Gasteiger partial charge in [0.15, 0.2) is 5.69 Å². The molecular weight excluding hydrogens is 553 g/mol. The maximum Gasteiger partial charge on any atom is 0.437 e. The van der Waals surface area contributed by atoms with Crippen molar-refractivity contribution in [2.45, 2.75) is 44.7 Å². The van der Waals surface area contributed by atoms with E-state index < -0.39 is 17.8 Å². The number of carbonyl (C=O) groups excluding carboxylic acids is 1. The molecule has 1 saturated carbocycles. The van der Waals surface area contributed by atoms with Gasteiger partial charge in [-0.3, -0.25) is 9.48 Å². The number of fused-ring (bicyclic) bond motifs is 3. The summed E-state index contributed by atoms with van der Waals surface area (Å²) < 4.78 is 48.9. The molecule has 1 aromatic carbocycles. The molecule has 1 aliphatic carbocycles. The summed E-state index contributed by atoms with van der Waals surface area (Å²) in [6.45, 7) is 0.783. The van der Waals surface area contributed by atoms with Crippen molar-refractivity contribution in [1.29, 1.82) is 0 Å². The summed E-state index contributed by atoms with van der Waals surface area (Å²) in [6.07, 6.45) is 1.18. The third kappa shape index (κ3) is 4.48. The molecule has 0 radical (unpaired) electrons. The van der Waals surface area contributed by atoms with Crippen molar-refractivity contribution in [3.8, 4) is 0 Å². The lowest BCUT2D eigenvalue weighted by molar-refractivity contribution is -0.140.